The SMILES string of the molecule is COc1ccc(-c2cncc(OC)n2)c(C)c1.COc1cncc(-c2cc(C)ccc2C)n1.COc1cncc(-c2ccc(F)cc2C)n1.COc1nc(-c2cc(C)ccc2C)cnc1N. The molecule has 14 nitrogen and oxygen atoms in total. The van der Waals surface area contributed by atoms with Crippen LogP contribution in [0.15, 0.2) is 116 Å². The maximum Gasteiger partial charge on any atom is 0.257 e. The van der Waals surface area contributed by atoms with Gasteiger partial charge in [0.05, 0.1) is 102 Å². The van der Waals surface area contributed by atoms with E-state index in [2.05, 4.69) is 90.1 Å². The zero-order valence-corrected chi connectivity index (χ0v) is 39.0. The van der Waals surface area contributed by atoms with Crippen LogP contribution in [0.2, 0.25) is 0 Å². The monoisotopic (exact) mass is 891 g/mol. The normalized spacial score (nSPS) is 10.2. The zero-order valence-electron chi connectivity index (χ0n) is 39.0. The number of nitrogen functional groups attached to an aromatic ring is 1. The van der Waals surface area contributed by atoms with Crippen molar-refractivity contribution in [3.8, 4) is 74.3 Å². The lowest BCUT2D eigenvalue weighted by Crippen LogP contribution is -2.00. The number of halogens is 1. The highest BCUT2D eigenvalue weighted by Gasteiger charge is 2.11. The number of aromatic nitrogens is 8. The van der Waals surface area contributed by atoms with Gasteiger partial charge >= 0.3 is 0 Å². The van der Waals surface area contributed by atoms with Crippen LogP contribution in [0, 0.1) is 47.4 Å². The molecule has 0 radical (unpaired) electrons. The molecule has 0 aliphatic rings. The summed E-state index contributed by atoms with van der Waals surface area (Å²) in [7, 11) is 7.89. The van der Waals surface area contributed by atoms with Gasteiger partial charge in [0.15, 0.2) is 5.82 Å². The smallest absolute Gasteiger partial charge is 0.257 e. The van der Waals surface area contributed by atoms with E-state index in [4.69, 9.17) is 29.4 Å². The second-order valence-corrected chi connectivity index (χ2v) is 14.8. The topological polar surface area (TPSA) is 175 Å². The Morgan fingerprint density at radius 2 is 0.848 bits per heavy atom. The third kappa shape index (κ3) is 13.2. The Balaban J connectivity index is 0.000000165. The van der Waals surface area contributed by atoms with E-state index in [0.29, 0.717) is 35.0 Å². The van der Waals surface area contributed by atoms with E-state index in [9.17, 15) is 4.39 Å². The molecule has 0 amide bonds. The van der Waals surface area contributed by atoms with Crippen LogP contribution in [0.3, 0.4) is 0 Å². The summed E-state index contributed by atoms with van der Waals surface area (Å²) in [6.45, 7) is 12.1. The molecule has 0 atom stereocenters. The van der Waals surface area contributed by atoms with Gasteiger partial charge in [0.25, 0.3) is 5.88 Å². The first kappa shape index (κ1) is 49.0. The second kappa shape index (κ2) is 23.6. The summed E-state index contributed by atoms with van der Waals surface area (Å²) in [5, 5.41) is 0. The molecular weight excluding hydrogens is 838 g/mol. The van der Waals surface area contributed by atoms with E-state index in [-0.39, 0.29) is 5.82 Å². The molecule has 4 heterocycles. The summed E-state index contributed by atoms with van der Waals surface area (Å²) in [5.41, 5.74) is 19.4. The van der Waals surface area contributed by atoms with Gasteiger partial charge in [-0.25, -0.2) is 29.3 Å². The number of nitrogens with zero attached hydrogens (tertiary/aromatic N) is 8. The van der Waals surface area contributed by atoms with Crippen LogP contribution in [0.4, 0.5) is 10.2 Å². The molecule has 8 rings (SSSR count). The van der Waals surface area contributed by atoms with Crippen molar-refractivity contribution >= 4 is 5.82 Å². The van der Waals surface area contributed by atoms with Gasteiger partial charge in [-0.15, -0.1) is 0 Å². The van der Waals surface area contributed by atoms with E-state index < -0.39 is 0 Å². The van der Waals surface area contributed by atoms with E-state index in [1.54, 1.807) is 64.6 Å². The average Bonchev–Trinajstić information content (AvgIpc) is 3.33. The van der Waals surface area contributed by atoms with Gasteiger partial charge in [-0.2, -0.15) is 0 Å². The number of benzene rings is 4. The Hall–Kier alpha value is -8.07. The van der Waals surface area contributed by atoms with Crippen molar-refractivity contribution in [1.29, 1.82) is 0 Å². The molecule has 0 unspecified atom stereocenters. The minimum absolute atomic E-state index is 0.253. The molecule has 2 N–H and O–H groups in total. The van der Waals surface area contributed by atoms with Crippen LogP contribution in [-0.4, -0.2) is 75.4 Å². The summed E-state index contributed by atoms with van der Waals surface area (Å²) in [5.74, 6) is 2.75. The first-order chi connectivity index (χ1) is 31.8. The number of methoxy groups -OCH3 is 5. The van der Waals surface area contributed by atoms with Gasteiger partial charge in [0.1, 0.15) is 11.6 Å². The highest BCUT2D eigenvalue weighted by Crippen LogP contribution is 2.28. The second-order valence-electron chi connectivity index (χ2n) is 14.8. The van der Waals surface area contributed by atoms with Crippen molar-refractivity contribution in [2.24, 2.45) is 0 Å². The molecule has 4 aromatic heterocycles. The fraction of sp³-hybridized carbons (Fsp3) is 0.216. The minimum atomic E-state index is -0.253. The predicted octanol–water partition coefficient (Wildman–Crippen LogP) is 10.2. The Labute approximate surface area is 385 Å². The lowest BCUT2D eigenvalue weighted by molar-refractivity contribution is 0.396. The van der Waals surface area contributed by atoms with Crippen LogP contribution in [-0.2, 0) is 0 Å². The fourth-order valence-electron chi connectivity index (χ4n) is 6.38. The molecular formula is C51H54FN9O5. The van der Waals surface area contributed by atoms with Crippen LogP contribution >= 0.6 is 0 Å². The molecule has 0 bridgehead atoms. The summed E-state index contributed by atoms with van der Waals surface area (Å²) in [6.07, 6.45) is 11.5. The number of hydrogen-bond acceptors (Lipinski definition) is 14. The molecule has 8 aromatic rings. The Kier molecular flexibility index (Phi) is 17.5. The summed E-state index contributed by atoms with van der Waals surface area (Å²) in [6, 6.07) is 22.9. The van der Waals surface area contributed by atoms with Crippen molar-refractivity contribution in [3.05, 3.63) is 155 Å². The van der Waals surface area contributed by atoms with Crippen LogP contribution in [0.5, 0.6) is 29.3 Å². The number of hydrogen-bond donors (Lipinski definition) is 1. The quantitative estimate of drug-likeness (QED) is 0.145. The zero-order chi connectivity index (χ0) is 47.8. The molecule has 0 aliphatic carbocycles. The predicted molar refractivity (Wildman–Crippen MR) is 255 cm³/mol. The molecule has 4 aromatic carbocycles. The molecule has 15 heteroatoms. The molecule has 0 fully saturated rings. The van der Waals surface area contributed by atoms with Gasteiger partial charge in [-0.05, 0) is 112 Å². The average molecular weight is 892 g/mol. The highest BCUT2D eigenvalue weighted by molar-refractivity contribution is 5.67. The maximum atomic E-state index is 12.9. The molecule has 66 heavy (non-hydrogen) atoms. The Morgan fingerprint density at radius 1 is 0.409 bits per heavy atom. The van der Waals surface area contributed by atoms with Crippen molar-refractivity contribution in [1.82, 2.24) is 39.9 Å². The van der Waals surface area contributed by atoms with Crippen LogP contribution in [0.25, 0.3) is 45.0 Å². The lowest BCUT2D eigenvalue weighted by atomic mass is 10.0. The number of nitrogens with two attached hydrogens (primary N) is 1. The maximum absolute atomic E-state index is 12.9. The van der Waals surface area contributed by atoms with Crippen LogP contribution < -0.4 is 29.4 Å². The van der Waals surface area contributed by atoms with E-state index in [1.165, 1.54) is 49.2 Å². The van der Waals surface area contributed by atoms with Crippen LogP contribution in [0.1, 0.15) is 33.4 Å². The summed E-state index contributed by atoms with van der Waals surface area (Å²) in [4.78, 5) is 33.6. The van der Waals surface area contributed by atoms with E-state index >= 15 is 0 Å². The highest BCUT2D eigenvalue weighted by atomic mass is 19.1. The number of aryl methyl sites for hydroxylation is 6. The molecule has 0 spiro atoms. The Morgan fingerprint density at radius 3 is 1.27 bits per heavy atom. The minimum Gasteiger partial charge on any atom is -0.497 e. The van der Waals surface area contributed by atoms with Gasteiger partial charge in [-0.1, -0.05) is 35.4 Å². The first-order valence-corrected chi connectivity index (χ1v) is 20.6. The van der Waals surface area contributed by atoms with Gasteiger partial charge in [-0.3, -0.25) is 15.0 Å². The Bertz CT molecular complexity index is 2880. The van der Waals surface area contributed by atoms with E-state index in [0.717, 1.165) is 61.8 Å². The molecule has 0 saturated carbocycles. The molecule has 340 valence electrons. The first-order valence-electron chi connectivity index (χ1n) is 20.6. The summed E-state index contributed by atoms with van der Waals surface area (Å²) >= 11 is 0. The van der Waals surface area contributed by atoms with Gasteiger partial charge < -0.3 is 29.4 Å². The summed E-state index contributed by atoms with van der Waals surface area (Å²) < 4.78 is 38.3. The lowest BCUT2D eigenvalue weighted by Gasteiger charge is -2.08. The third-order valence-corrected chi connectivity index (χ3v) is 9.94. The number of ether oxygens (including phenoxy) is 5. The van der Waals surface area contributed by atoms with Crippen molar-refractivity contribution in [2.75, 3.05) is 41.3 Å². The third-order valence-electron chi connectivity index (χ3n) is 9.94. The fourth-order valence-corrected chi connectivity index (χ4v) is 6.38. The van der Waals surface area contributed by atoms with Gasteiger partial charge in [0, 0.05) is 22.3 Å². The molecule has 0 saturated heterocycles. The number of anilines is 1. The van der Waals surface area contributed by atoms with E-state index in [1.807, 2.05) is 45.9 Å². The van der Waals surface area contributed by atoms with Crippen molar-refractivity contribution in [3.63, 3.8) is 0 Å². The molecule has 0 aliphatic heterocycles. The standard InChI is InChI=1S/C13H15N3O.C13H14N2O2.C13H14N2O.C12H11FN2O/c1-8-4-5-9(2)10(6-8)11-7-15-12(14)13(16-11)17-3;1-9-6-10(16-2)4-5-11(9)12-7-14-8-13(15-12)17-3;1-9-4-5-10(2)11(6-9)12-7-14-8-13(15-12)16-3;1-8-5-9(13)3-4-10(8)11-6-14-7-12(15-11)16-2/h4-7H,1-3H3,(H2,14,15);4-8H,1-3H3;4-8H,1-3H3;3-7H,1-2H3. The van der Waals surface area contributed by atoms with Crippen molar-refractivity contribution in [2.45, 2.75) is 41.5 Å². The number of rotatable bonds is 9. The largest absolute Gasteiger partial charge is 0.497 e. The van der Waals surface area contributed by atoms with Crippen molar-refractivity contribution < 1.29 is 28.1 Å². The van der Waals surface area contributed by atoms with Gasteiger partial charge in [0.2, 0.25) is 17.6 Å².